The van der Waals surface area contributed by atoms with Gasteiger partial charge in [-0.15, -0.1) is 0 Å². The Morgan fingerprint density at radius 1 is 1.23 bits per heavy atom. The van der Waals surface area contributed by atoms with Gasteiger partial charge in [0.15, 0.2) is 0 Å². The summed E-state index contributed by atoms with van der Waals surface area (Å²) in [6.07, 6.45) is 12.5. The highest BCUT2D eigenvalue weighted by Crippen LogP contribution is 2.62. The second kappa shape index (κ2) is 9.53. The molecule has 3 rings (SSSR count). The van der Waals surface area contributed by atoms with Gasteiger partial charge in [-0.1, -0.05) is 57.9 Å². The molecular weight excluding hydrogens is 384 g/mol. The highest BCUT2D eigenvalue weighted by molar-refractivity contribution is 5.38. The average Bonchev–Trinajstić information content (AvgIpc) is 2.92. The van der Waals surface area contributed by atoms with Crippen molar-refractivity contribution in [2.24, 2.45) is 29.1 Å². The van der Waals surface area contributed by atoms with Gasteiger partial charge in [-0.2, -0.15) is 0 Å². The van der Waals surface area contributed by atoms with Gasteiger partial charge in [0.1, 0.15) is 0 Å². The topological polar surface area (TPSA) is 60.7 Å². The summed E-state index contributed by atoms with van der Waals surface area (Å²) in [6, 6.07) is 0. The smallest absolute Gasteiger partial charge is 0.0811 e. The van der Waals surface area contributed by atoms with E-state index in [2.05, 4.69) is 39.5 Å². The molecule has 0 bridgehead atoms. The largest absolute Gasteiger partial charge is 0.393 e. The maximum atomic E-state index is 10.2. The van der Waals surface area contributed by atoms with Crippen LogP contribution in [0.15, 0.2) is 35.5 Å². The van der Waals surface area contributed by atoms with E-state index in [1.807, 2.05) is 13.8 Å². The standard InChI is InChI=1S/C28H46O3/c1-18(9-7-13-27(4,5)31)26-19(2)15-24-21(10-8-14-28(24,26)6)11-12-22-16-23(29)17-25(30)20(22)3/h11-12,18-19,23-26,29-31H,3,7-10,13-17H2,1-2,4-6H3/b21-11+,22-12-/t18-,19-,23-,24+,25+,26+,28+/m1/s1. The quantitative estimate of drug-likeness (QED) is 0.488. The summed E-state index contributed by atoms with van der Waals surface area (Å²) in [5, 5.41) is 30.3. The Morgan fingerprint density at radius 2 is 1.94 bits per heavy atom. The van der Waals surface area contributed by atoms with Gasteiger partial charge in [0.25, 0.3) is 0 Å². The van der Waals surface area contributed by atoms with Gasteiger partial charge < -0.3 is 15.3 Å². The first-order valence-corrected chi connectivity index (χ1v) is 12.6. The van der Waals surface area contributed by atoms with Crippen molar-refractivity contribution in [1.82, 2.24) is 0 Å². The number of hydrogen-bond acceptors (Lipinski definition) is 3. The van der Waals surface area contributed by atoms with Gasteiger partial charge in [0.05, 0.1) is 17.8 Å². The van der Waals surface area contributed by atoms with Crippen molar-refractivity contribution in [3.63, 3.8) is 0 Å². The molecule has 0 amide bonds. The van der Waals surface area contributed by atoms with Crippen molar-refractivity contribution < 1.29 is 15.3 Å². The fourth-order valence-corrected chi connectivity index (χ4v) is 7.34. The first kappa shape index (κ1) is 24.7. The molecule has 3 heteroatoms. The van der Waals surface area contributed by atoms with Crippen LogP contribution in [0.1, 0.15) is 92.4 Å². The van der Waals surface area contributed by atoms with E-state index in [1.54, 1.807) is 5.57 Å². The Labute approximate surface area is 190 Å². The fraction of sp³-hybridized carbons (Fsp3) is 0.786. The number of rotatable bonds is 6. The van der Waals surface area contributed by atoms with Gasteiger partial charge in [0, 0.05) is 6.42 Å². The van der Waals surface area contributed by atoms with Crippen molar-refractivity contribution in [1.29, 1.82) is 0 Å². The number of hydrogen-bond donors (Lipinski definition) is 3. The predicted molar refractivity (Wildman–Crippen MR) is 129 cm³/mol. The molecule has 0 radical (unpaired) electrons. The Morgan fingerprint density at radius 3 is 2.61 bits per heavy atom. The molecule has 0 aliphatic heterocycles. The molecule has 3 fully saturated rings. The van der Waals surface area contributed by atoms with Crippen LogP contribution in [0.4, 0.5) is 0 Å². The van der Waals surface area contributed by atoms with E-state index >= 15 is 0 Å². The summed E-state index contributed by atoms with van der Waals surface area (Å²) >= 11 is 0. The SMILES string of the molecule is C=C1/C(=C\C=C2/CCC[C@]3(C)[C@@H]([C@H](C)CCCC(C)(C)O)[C@H](C)C[C@@H]23)C[C@@H](O)C[C@@H]1O. The molecule has 3 aliphatic rings. The van der Waals surface area contributed by atoms with Crippen LogP contribution in [0.5, 0.6) is 0 Å². The third-order valence-corrected chi connectivity index (χ3v) is 8.73. The predicted octanol–water partition coefficient (Wildman–Crippen LogP) is 5.95. The lowest BCUT2D eigenvalue weighted by molar-refractivity contribution is 0.0549. The van der Waals surface area contributed by atoms with Gasteiger partial charge >= 0.3 is 0 Å². The molecule has 0 unspecified atom stereocenters. The zero-order chi connectivity index (χ0) is 23.0. The van der Waals surface area contributed by atoms with E-state index in [4.69, 9.17) is 0 Å². The molecule has 176 valence electrons. The van der Waals surface area contributed by atoms with Crippen molar-refractivity contribution in [2.75, 3.05) is 0 Å². The molecule has 3 aliphatic carbocycles. The summed E-state index contributed by atoms with van der Waals surface area (Å²) in [6.45, 7) is 15.3. The Balaban J connectivity index is 1.75. The zero-order valence-electron chi connectivity index (χ0n) is 20.5. The molecule has 0 aromatic heterocycles. The molecule has 0 heterocycles. The highest BCUT2D eigenvalue weighted by Gasteiger charge is 2.53. The van der Waals surface area contributed by atoms with Crippen LogP contribution in [0.2, 0.25) is 0 Å². The monoisotopic (exact) mass is 430 g/mol. The van der Waals surface area contributed by atoms with E-state index in [0.717, 1.165) is 42.2 Å². The molecule has 31 heavy (non-hydrogen) atoms. The molecule has 3 nitrogen and oxygen atoms in total. The van der Waals surface area contributed by atoms with Crippen LogP contribution in [-0.2, 0) is 0 Å². The number of aliphatic hydroxyl groups excluding tert-OH is 2. The lowest BCUT2D eigenvalue weighted by atomic mass is 9.60. The second-order valence-corrected chi connectivity index (χ2v) is 11.9. The molecule has 0 saturated heterocycles. The fourth-order valence-electron chi connectivity index (χ4n) is 7.34. The molecule has 3 saturated carbocycles. The minimum Gasteiger partial charge on any atom is -0.393 e. The lowest BCUT2D eigenvalue weighted by Crippen LogP contribution is -2.37. The van der Waals surface area contributed by atoms with Crippen LogP contribution in [-0.4, -0.2) is 33.1 Å². The normalized spacial score (nSPS) is 40.4. The maximum absolute atomic E-state index is 10.2. The summed E-state index contributed by atoms with van der Waals surface area (Å²) in [5.41, 5.74) is 3.12. The molecule has 0 spiro atoms. The summed E-state index contributed by atoms with van der Waals surface area (Å²) in [7, 11) is 0. The third-order valence-electron chi connectivity index (χ3n) is 8.73. The lowest BCUT2D eigenvalue weighted by Gasteiger charge is -2.45. The molecule has 0 aromatic rings. The Kier molecular flexibility index (Phi) is 7.61. The van der Waals surface area contributed by atoms with Crippen LogP contribution in [0.25, 0.3) is 0 Å². The molecule has 0 aromatic carbocycles. The minimum absolute atomic E-state index is 0.346. The number of fused-ring (bicyclic) bond motifs is 1. The van der Waals surface area contributed by atoms with E-state index in [9.17, 15) is 15.3 Å². The van der Waals surface area contributed by atoms with E-state index in [-0.39, 0.29) is 0 Å². The van der Waals surface area contributed by atoms with Crippen LogP contribution in [0.3, 0.4) is 0 Å². The van der Waals surface area contributed by atoms with Crippen LogP contribution < -0.4 is 0 Å². The summed E-state index contributed by atoms with van der Waals surface area (Å²) in [5.74, 6) is 2.74. The van der Waals surface area contributed by atoms with E-state index < -0.39 is 17.8 Å². The maximum Gasteiger partial charge on any atom is 0.0811 e. The van der Waals surface area contributed by atoms with Gasteiger partial charge in [-0.25, -0.2) is 0 Å². The zero-order valence-corrected chi connectivity index (χ0v) is 20.5. The van der Waals surface area contributed by atoms with Gasteiger partial charge in [-0.05, 0) is 92.6 Å². The van der Waals surface area contributed by atoms with E-state index in [0.29, 0.717) is 30.1 Å². The van der Waals surface area contributed by atoms with E-state index in [1.165, 1.54) is 25.7 Å². The molecule has 3 N–H and O–H groups in total. The van der Waals surface area contributed by atoms with Crippen molar-refractivity contribution >= 4 is 0 Å². The average molecular weight is 431 g/mol. The van der Waals surface area contributed by atoms with Gasteiger partial charge in [0.2, 0.25) is 0 Å². The van der Waals surface area contributed by atoms with Crippen molar-refractivity contribution in [3.05, 3.63) is 35.5 Å². The first-order chi connectivity index (χ1) is 14.4. The second-order valence-electron chi connectivity index (χ2n) is 11.9. The van der Waals surface area contributed by atoms with Crippen LogP contribution in [0, 0.1) is 29.1 Å². The minimum atomic E-state index is -0.620. The Bertz CT molecular complexity index is 712. The first-order valence-electron chi connectivity index (χ1n) is 12.6. The number of allylic oxidation sites excluding steroid dienone is 3. The summed E-state index contributed by atoms with van der Waals surface area (Å²) < 4.78 is 0. The van der Waals surface area contributed by atoms with Crippen LogP contribution >= 0.6 is 0 Å². The molecular formula is C28H46O3. The highest BCUT2D eigenvalue weighted by atomic mass is 16.3. The van der Waals surface area contributed by atoms with Crippen molar-refractivity contribution in [2.45, 2.75) is 110 Å². The number of aliphatic hydroxyl groups is 3. The molecule has 7 atom stereocenters. The Hall–Kier alpha value is -0.900. The third kappa shape index (κ3) is 5.54. The van der Waals surface area contributed by atoms with Crippen molar-refractivity contribution in [3.8, 4) is 0 Å². The summed E-state index contributed by atoms with van der Waals surface area (Å²) in [4.78, 5) is 0. The van der Waals surface area contributed by atoms with Gasteiger partial charge in [-0.3, -0.25) is 0 Å².